The van der Waals surface area contributed by atoms with Crippen LogP contribution in [0.15, 0.2) is 56.5 Å². The molecule has 2 aromatic rings. The predicted octanol–water partition coefficient (Wildman–Crippen LogP) is 3.64. The van der Waals surface area contributed by atoms with E-state index in [9.17, 15) is 14.7 Å². The minimum Gasteiger partial charge on any atom is -0.507 e. The Bertz CT molecular complexity index is 825. The van der Waals surface area contributed by atoms with Crippen molar-refractivity contribution < 1.29 is 14.7 Å². The maximum Gasteiger partial charge on any atom is 0.252 e. The topological polar surface area (TPSA) is 90.8 Å². The van der Waals surface area contributed by atoms with Gasteiger partial charge in [0.15, 0.2) is 0 Å². The van der Waals surface area contributed by atoms with Crippen LogP contribution in [0, 0.1) is 5.92 Å². The zero-order chi connectivity index (χ0) is 18.4. The van der Waals surface area contributed by atoms with Gasteiger partial charge in [-0.25, -0.2) is 5.43 Å². The molecule has 2 rings (SSSR count). The third-order valence-corrected chi connectivity index (χ3v) is 4.47. The highest BCUT2D eigenvalue weighted by Gasteiger charge is 2.21. The van der Waals surface area contributed by atoms with Crippen LogP contribution in [0.5, 0.6) is 5.75 Å². The van der Waals surface area contributed by atoms with E-state index in [4.69, 9.17) is 0 Å². The Balaban J connectivity index is 1.95. The first-order valence-electron chi connectivity index (χ1n) is 7.25. The fraction of sp³-hybridized carbons (Fsp3) is 0.118. The molecule has 1 atom stereocenters. The number of hydrazone groups is 1. The Hall–Kier alpha value is -2.19. The number of benzene rings is 2. The summed E-state index contributed by atoms with van der Waals surface area (Å²) in [4.78, 5) is 24.2. The van der Waals surface area contributed by atoms with Gasteiger partial charge in [-0.05, 0) is 53.2 Å². The first-order chi connectivity index (χ1) is 11.9. The van der Waals surface area contributed by atoms with Gasteiger partial charge in [-0.1, -0.05) is 28.1 Å². The third-order valence-electron chi connectivity index (χ3n) is 3.29. The van der Waals surface area contributed by atoms with Gasteiger partial charge in [0.05, 0.1) is 11.9 Å². The van der Waals surface area contributed by atoms with Gasteiger partial charge in [0.1, 0.15) is 11.7 Å². The Morgan fingerprint density at radius 1 is 1.16 bits per heavy atom. The molecule has 8 heteroatoms. The molecule has 0 saturated carbocycles. The molecule has 0 aromatic heterocycles. The Morgan fingerprint density at radius 3 is 2.60 bits per heavy atom. The van der Waals surface area contributed by atoms with E-state index in [-0.39, 0.29) is 5.75 Å². The third kappa shape index (κ3) is 5.40. The molecule has 0 radical (unpaired) electrons. The molecule has 0 aliphatic heterocycles. The molecule has 1 unspecified atom stereocenters. The number of nitrogens with one attached hydrogen (secondary N) is 2. The summed E-state index contributed by atoms with van der Waals surface area (Å²) < 4.78 is 1.48. The second-order valence-corrected chi connectivity index (χ2v) is 6.90. The van der Waals surface area contributed by atoms with Gasteiger partial charge in [0.2, 0.25) is 5.91 Å². The van der Waals surface area contributed by atoms with Crippen LogP contribution in [0.1, 0.15) is 12.5 Å². The van der Waals surface area contributed by atoms with Crippen molar-refractivity contribution in [2.75, 3.05) is 5.32 Å². The lowest BCUT2D eigenvalue weighted by molar-refractivity contribution is -0.131. The van der Waals surface area contributed by atoms with Gasteiger partial charge in [0.25, 0.3) is 5.91 Å². The van der Waals surface area contributed by atoms with Crippen LogP contribution in [0.2, 0.25) is 0 Å². The van der Waals surface area contributed by atoms with Crippen LogP contribution in [-0.4, -0.2) is 23.1 Å². The molecule has 0 bridgehead atoms. The SMILES string of the molecule is CC(C(=O)NN=Cc1cc(Br)ccc1O)C(=O)Nc1ccccc1Br. The fourth-order valence-electron chi connectivity index (χ4n) is 1.81. The van der Waals surface area contributed by atoms with Crippen LogP contribution in [-0.2, 0) is 9.59 Å². The Morgan fingerprint density at radius 2 is 1.88 bits per heavy atom. The van der Waals surface area contributed by atoms with Crippen molar-refractivity contribution in [3.63, 3.8) is 0 Å². The zero-order valence-corrected chi connectivity index (χ0v) is 16.3. The van der Waals surface area contributed by atoms with Gasteiger partial charge in [-0.3, -0.25) is 9.59 Å². The average Bonchev–Trinajstić information content (AvgIpc) is 2.59. The number of carbonyl (C=O) groups is 2. The van der Waals surface area contributed by atoms with Gasteiger partial charge in [-0.2, -0.15) is 5.10 Å². The summed E-state index contributed by atoms with van der Waals surface area (Å²) in [5.41, 5.74) is 3.30. The molecule has 2 amide bonds. The molecule has 0 aliphatic carbocycles. The van der Waals surface area contributed by atoms with Gasteiger partial charge in [0, 0.05) is 14.5 Å². The monoisotopic (exact) mass is 467 g/mol. The predicted molar refractivity (Wildman–Crippen MR) is 103 cm³/mol. The summed E-state index contributed by atoms with van der Waals surface area (Å²) in [5.74, 6) is -1.93. The fourth-order valence-corrected chi connectivity index (χ4v) is 2.58. The zero-order valence-electron chi connectivity index (χ0n) is 13.2. The van der Waals surface area contributed by atoms with E-state index in [2.05, 4.69) is 47.7 Å². The van der Waals surface area contributed by atoms with Crippen molar-refractivity contribution in [2.24, 2.45) is 11.0 Å². The molecule has 0 fully saturated rings. The minimum absolute atomic E-state index is 0.0286. The molecular weight excluding hydrogens is 454 g/mol. The van der Waals surface area contributed by atoms with E-state index < -0.39 is 17.7 Å². The Labute approximate surface area is 161 Å². The lowest BCUT2D eigenvalue weighted by Gasteiger charge is -2.11. The summed E-state index contributed by atoms with van der Waals surface area (Å²) in [6.07, 6.45) is 1.30. The van der Waals surface area contributed by atoms with Crippen LogP contribution < -0.4 is 10.7 Å². The maximum absolute atomic E-state index is 12.1. The van der Waals surface area contributed by atoms with E-state index >= 15 is 0 Å². The van der Waals surface area contributed by atoms with E-state index in [0.717, 1.165) is 8.95 Å². The summed E-state index contributed by atoms with van der Waals surface area (Å²) in [5, 5.41) is 16.1. The van der Waals surface area contributed by atoms with Crippen molar-refractivity contribution in [2.45, 2.75) is 6.92 Å². The summed E-state index contributed by atoms with van der Waals surface area (Å²) in [7, 11) is 0. The van der Waals surface area contributed by atoms with Crippen LogP contribution in [0.25, 0.3) is 0 Å². The Kier molecular flexibility index (Phi) is 6.72. The number of hydrogen-bond acceptors (Lipinski definition) is 4. The first kappa shape index (κ1) is 19.1. The van der Waals surface area contributed by atoms with E-state index in [1.54, 1.807) is 30.3 Å². The molecule has 0 spiro atoms. The van der Waals surface area contributed by atoms with Crippen LogP contribution in [0.4, 0.5) is 5.69 Å². The molecule has 0 saturated heterocycles. The van der Waals surface area contributed by atoms with Crippen molar-refractivity contribution in [1.82, 2.24) is 5.43 Å². The lowest BCUT2D eigenvalue weighted by atomic mass is 10.1. The first-order valence-corrected chi connectivity index (χ1v) is 8.84. The van der Waals surface area contributed by atoms with Crippen molar-refractivity contribution in [3.8, 4) is 5.75 Å². The highest BCUT2D eigenvalue weighted by atomic mass is 79.9. The number of aromatic hydroxyl groups is 1. The number of hydrogen-bond donors (Lipinski definition) is 3. The number of phenolic OH excluding ortho intramolecular Hbond substituents is 1. The second-order valence-electron chi connectivity index (χ2n) is 5.13. The molecule has 0 aliphatic rings. The van der Waals surface area contributed by atoms with Crippen molar-refractivity contribution >= 4 is 55.6 Å². The highest BCUT2D eigenvalue weighted by molar-refractivity contribution is 9.10. The van der Waals surface area contributed by atoms with Crippen molar-refractivity contribution in [1.29, 1.82) is 0 Å². The lowest BCUT2D eigenvalue weighted by Crippen LogP contribution is -2.34. The van der Waals surface area contributed by atoms with Crippen LogP contribution in [0.3, 0.4) is 0 Å². The summed E-state index contributed by atoms with van der Waals surface area (Å²) >= 11 is 6.60. The highest BCUT2D eigenvalue weighted by Crippen LogP contribution is 2.22. The van der Waals surface area contributed by atoms with E-state index in [1.165, 1.54) is 19.2 Å². The van der Waals surface area contributed by atoms with Gasteiger partial charge in [-0.15, -0.1) is 0 Å². The van der Waals surface area contributed by atoms with E-state index in [1.807, 2.05) is 6.07 Å². The quantitative estimate of drug-likeness (QED) is 0.355. The number of phenols is 1. The molecular formula is C17H15Br2N3O3. The number of nitrogens with zero attached hydrogens (tertiary/aromatic N) is 1. The summed E-state index contributed by atoms with van der Waals surface area (Å²) in [6, 6.07) is 11.9. The molecule has 3 N–H and O–H groups in total. The second kappa shape index (κ2) is 8.77. The standard InChI is InChI=1S/C17H15Br2N3O3/c1-10(16(24)21-14-5-3-2-4-13(14)19)17(25)22-20-9-11-8-12(18)6-7-15(11)23/h2-10,23H,1H3,(H,21,24)(H,22,25). The van der Waals surface area contributed by atoms with Gasteiger partial charge < -0.3 is 10.4 Å². The van der Waals surface area contributed by atoms with Crippen molar-refractivity contribution in [3.05, 3.63) is 57.0 Å². The summed E-state index contributed by atoms with van der Waals surface area (Å²) in [6.45, 7) is 1.48. The molecule has 130 valence electrons. The minimum atomic E-state index is -0.944. The molecule has 25 heavy (non-hydrogen) atoms. The number of carbonyl (C=O) groups excluding carboxylic acids is 2. The van der Waals surface area contributed by atoms with Crippen LogP contribution >= 0.6 is 31.9 Å². The number of halogens is 2. The normalized spacial score (nSPS) is 12.0. The smallest absolute Gasteiger partial charge is 0.252 e. The largest absolute Gasteiger partial charge is 0.507 e. The number of rotatable bonds is 5. The van der Waals surface area contributed by atoms with E-state index in [0.29, 0.717) is 11.3 Å². The molecule has 2 aromatic carbocycles. The molecule has 0 heterocycles. The number of para-hydroxylation sites is 1. The maximum atomic E-state index is 12.1. The molecule has 6 nitrogen and oxygen atoms in total. The number of anilines is 1. The average molecular weight is 469 g/mol. The number of amides is 2. The van der Waals surface area contributed by atoms with Gasteiger partial charge >= 0.3 is 0 Å².